The Morgan fingerprint density at radius 1 is 1.36 bits per heavy atom. The zero-order valence-corrected chi connectivity index (χ0v) is 6.71. The van der Waals surface area contributed by atoms with Gasteiger partial charge in [0.1, 0.15) is 4.75 Å². The van der Waals surface area contributed by atoms with Crippen LogP contribution in [0.2, 0.25) is 0 Å². The molecule has 0 amide bonds. The predicted octanol–water partition coefficient (Wildman–Crippen LogP) is 2.10. The summed E-state index contributed by atoms with van der Waals surface area (Å²) >= 11 is -0.532. The van der Waals surface area contributed by atoms with E-state index in [4.69, 9.17) is 5.11 Å². The van der Waals surface area contributed by atoms with E-state index in [1.54, 1.807) is 0 Å². The van der Waals surface area contributed by atoms with E-state index < -0.39 is 28.0 Å². The van der Waals surface area contributed by atoms with Crippen molar-refractivity contribution in [3.8, 4) is 0 Å². The first-order valence-corrected chi connectivity index (χ1v) is 3.47. The van der Waals surface area contributed by atoms with Crippen LogP contribution in [0.4, 0.5) is 13.2 Å². The lowest BCUT2D eigenvalue weighted by molar-refractivity contribution is -0.139. The Hall–Kier alpha value is -0.390. The highest BCUT2D eigenvalue weighted by Gasteiger charge is 2.42. The van der Waals surface area contributed by atoms with Gasteiger partial charge in [0.2, 0.25) is 0 Å². The molecule has 0 fully saturated rings. The molecule has 0 saturated carbocycles. The van der Waals surface area contributed by atoms with Crippen LogP contribution in [-0.4, -0.2) is 21.3 Å². The molecule has 0 radical (unpaired) electrons. The normalized spacial score (nSPS) is 13.2. The molecule has 0 aliphatic heterocycles. The molecule has 6 heteroatoms. The summed E-state index contributed by atoms with van der Waals surface area (Å²) in [6, 6.07) is 0. The number of carboxylic acid groups (broad SMARTS) is 1. The second-order valence-corrected chi connectivity index (χ2v) is 4.05. The summed E-state index contributed by atoms with van der Waals surface area (Å²) in [5.41, 5.74) is -4.50. The highest BCUT2D eigenvalue weighted by molar-refractivity contribution is 8.02. The smallest absolute Gasteiger partial charge is 0.442 e. The Bertz CT molecular complexity index is 164. The van der Waals surface area contributed by atoms with E-state index in [0.717, 1.165) is 13.8 Å². The SMILES string of the molecule is CC(C)(SC(F)(F)F)C(=O)O. The number of aliphatic carboxylic acids is 1. The summed E-state index contributed by atoms with van der Waals surface area (Å²) in [7, 11) is 0. The Morgan fingerprint density at radius 3 is 1.82 bits per heavy atom. The van der Waals surface area contributed by atoms with Crippen molar-refractivity contribution in [3.05, 3.63) is 0 Å². The van der Waals surface area contributed by atoms with Crippen LogP contribution >= 0.6 is 11.8 Å². The minimum atomic E-state index is -4.50. The maximum atomic E-state index is 11.6. The summed E-state index contributed by atoms with van der Waals surface area (Å²) in [6.07, 6.45) is 0. The number of carbonyl (C=O) groups is 1. The lowest BCUT2D eigenvalue weighted by atomic mass is 10.2. The number of hydrogen-bond donors (Lipinski definition) is 1. The molecule has 66 valence electrons. The Labute approximate surface area is 65.8 Å². The molecule has 0 aliphatic rings. The minimum absolute atomic E-state index is 0.532. The number of hydrogen-bond acceptors (Lipinski definition) is 2. The van der Waals surface area contributed by atoms with Crippen molar-refractivity contribution in [1.82, 2.24) is 0 Å². The van der Waals surface area contributed by atoms with Gasteiger partial charge < -0.3 is 5.11 Å². The Balaban J connectivity index is 4.25. The van der Waals surface area contributed by atoms with Crippen LogP contribution in [-0.2, 0) is 4.79 Å². The Kier molecular flexibility index (Phi) is 2.82. The average Bonchev–Trinajstić information content (AvgIpc) is 1.56. The fourth-order valence-electron chi connectivity index (χ4n) is 0.333. The van der Waals surface area contributed by atoms with Gasteiger partial charge in [-0.3, -0.25) is 4.79 Å². The van der Waals surface area contributed by atoms with Crippen LogP contribution < -0.4 is 0 Å². The third kappa shape index (κ3) is 4.13. The number of alkyl halides is 3. The summed E-state index contributed by atoms with van der Waals surface area (Å²) < 4.78 is 33.0. The quantitative estimate of drug-likeness (QED) is 0.721. The first-order chi connectivity index (χ1) is 4.65. The molecule has 1 N–H and O–H groups in total. The van der Waals surface area contributed by atoms with E-state index in [9.17, 15) is 18.0 Å². The number of halogens is 3. The van der Waals surface area contributed by atoms with Gasteiger partial charge in [-0.2, -0.15) is 13.2 Å². The van der Waals surface area contributed by atoms with Gasteiger partial charge in [-0.05, 0) is 25.6 Å². The molecule has 2 nitrogen and oxygen atoms in total. The monoisotopic (exact) mass is 188 g/mol. The molecule has 0 bridgehead atoms. The fourth-order valence-corrected chi connectivity index (χ4v) is 0.999. The van der Waals surface area contributed by atoms with Crippen molar-refractivity contribution < 1.29 is 23.1 Å². The molecule has 0 aromatic heterocycles. The van der Waals surface area contributed by atoms with E-state index in [2.05, 4.69) is 0 Å². The molecule has 0 spiro atoms. The summed E-state index contributed by atoms with van der Waals surface area (Å²) in [5.74, 6) is -1.47. The van der Waals surface area contributed by atoms with Gasteiger partial charge in [-0.1, -0.05) is 0 Å². The molecule has 0 aromatic rings. The maximum Gasteiger partial charge on any atom is 0.442 e. The second-order valence-electron chi connectivity index (χ2n) is 2.36. The minimum Gasteiger partial charge on any atom is -0.480 e. The van der Waals surface area contributed by atoms with E-state index in [1.807, 2.05) is 0 Å². The van der Waals surface area contributed by atoms with Crippen LogP contribution in [0.3, 0.4) is 0 Å². The average molecular weight is 188 g/mol. The van der Waals surface area contributed by atoms with Gasteiger partial charge in [-0.15, -0.1) is 0 Å². The van der Waals surface area contributed by atoms with Crippen LogP contribution in [0.15, 0.2) is 0 Å². The largest absolute Gasteiger partial charge is 0.480 e. The van der Waals surface area contributed by atoms with Crippen LogP contribution in [0.5, 0.6) is 0 Å². The van der Waals surface area contributed by atoms with E-state index >= 15 is 0 Å². The highest BCUT2D eigenvalue weighted by Crippen LogP contribution is 2.40. The third-order valence-electron chi connectivity index (χ3n) is 0.886. The molecule has 0 atom stereocenters. The zero-order chi connectivity index (χ0) is 9.28. The summed E-state index contributed by atoms with van der Waals surface area (Å²) in [5, 5.41) is 8.28. The molecule has 0 aliphatic carbocycles. The summed E-state index contributed by atoms with van der Waals surface area (Å²) in [6.45, 7) is 2.01. The second kappa shape index (κ2) is 2.92. The van der Waals surface area contributed by atoms with Crippen molar-refractivity contribution in [2.75, 3.05) is 0 Å². The molecular weight excluding hydrogens is 181 g/mol. The zero-order valence-electron chi connectivity index (χ0n) is 5.90. The standard InChI is InChI=1S/C5H7F3O2S/c1-4(2,3(9)10)11-5(6,7)8/h1-2H3,(H,9,10). The number of thioether (sulfide) groups is 1. The molecule has 0 rings (SSSR count). The van der Waals surface area contributed by atoms with Crippen LogP contribution in [0, 0.1) is 0 Å². The van der Waals surface area contributed by atoms with Crippen molar-refractivity contribution in [2.24, 2.45) is 0 Å². The first-order valence-electron chi connectivity index (χ1n) is 2.65. The predicted molar refractivity (Wildman–Crippen MR) is 35.4 cm³/mol. The molecule has 11 heavy (non-hydrogen) atoms. The van der Waals surface area contributed by atoms with E-state index in [0.29, 0.717) is 0 Å². The lowest BCUT2D eigenvalue weighted by Gasteiger charge is -2.19. The highest BCUT2D eigenvalue weighted by atomic mass is 32.2. The van der Waals surface area contributed by atoms with Crippen molar-refractivity contribution >= 4 is 17.7 Å². The molecule has 0 aromatic carbocycles. The Morgan fingerprint density at radius 2 is 1.73 bits per heavy atom. The molecule has 0 saturated heterocycles. The van der Waals surface area contributed by atoms with Crippen LogP contribution in [0.1, 0.15) is 13.8 Å². The summed E-state index contributed by atoms with van der Waals surface area (Å²) in [4.78, 5) is 10.2. The molecular formula is C5H7F3O2S. The van der Waals surface area contributed by atoms with E-state index in [1.165, 1.54) is 0 Å². The fraction of sp³-hybridized carbons (Fsp3) is 0.800. The topological polar surface area (TPSA) is 37.3 Å². The van der Waals surface area contributed by atoms with Crippen molar-refractivity contribution in [2.45, 2.75) is 24.1 Å². The van der Waals surface area contributed by atoms with Gasteiger partial charge in [-0.25, -0.2) is 0 Å². The van der Waals surface area contributed by atoms with Gasteiger partial charge >= 0.3 is 11.5 Å². The van der Waals surface area contributed by atoms with E-state index in [-0.39, 0.29) is 0 Å². The van der Waals surface area contributed by atoms with Crippen molar-refractivity contribution in [3.63, 3.8) is 0 Å². The molecule has 0 unspecified atom stereocenters. The number of rotatable bonds is 2. The first kappa shape index (κ1) is 10.6. The molecule has 0 heterocycles. The maximum absolute atomic E-state index is 11.6. The van der Waals surface area contributed by atoms with Gasteiger partial charge in [0.05, 0.1) is 0 Å². The third-order valence-corrected chi connectivity index (χ3v) is 1.80. The van der Waals surface area contributed by atoms with Gasteiger partial charge in [0, 0.05) is 0 Å². The lowest BCUT2D eigenvalue weighted by Crippen LogP contribution is -2.30. The number of carboxylic acids is 1. The van der Waals surface area contributed by atoms with Gasteiger partial charge in [0.15, 0.2) is 0 Å². The van der Waals surface area contributed by atoms with Gasteiger partial charge in [0.25, 0.3) is 0 Å². The van der Waals surface area contributed by atoms with Crippen molar-refractivity contribution in [1.29, 1.82) is 0 Å². The van der Waals surface area contributed by atoms with Crippen LogP contribution in [0.25, 0.3) is 0 Å².